The highest BCUT2D eigenvalue weighted by atomic mass is 32.1. The normalized spacial score (nSPS) is 18.9. The van der Waals surface area contributed by atoms with Crippen molar-refractivity contribution in [3.8, 4) is 0 Å². The van der Waals surface area contributed by atoms with Crippen molar-refractivity contribution in [3.63, 3.8) is 0 Å². The fraction of sp³-hybridized carbons (Fsp3) is 0.529. The van der Waals surface area contributed by atoms with E-state index in [2.05, 4.69) is 27.5 Å². The van der Waals surface area contributed by atoms with Gasteiger partial charge >= 0.3 is 0 Å². The molecule has 1 aliphatic rings. The Labute approximate surface area is 140 Å². The van der Waals surface area contributed by atoms with Crippen LogP contribution in [0.4, 0.5) is 0 Å². The summed E-state index contributed by atoms with van der Waals surface area (Å²) in [4.78, 5) is 19.2. The number of carbonyl (C=O) groups is 1. The van der Waals surface area contributed by atoms with E-state index in [0.29, 0.717) is 6.54 Å². The minimum atomic E-state index is 0.0596. The fourth-order valence-corrected chi connectivity index (χ4v) is 3.75. The van der Waals surface area contributed by atoms with Crippen LogP contribution in [0.15, 0.2) is 28.2 Å². The molecule has 3 heterocycles. The average Bonchev–Trinajstić information content (AvgIpc) is 3.24. The molecule has 0 radical (unpaired) electrons. The molecule has 2 aromatic rings. The molecule has 0 aliphatic carbocycles. The van der Waals surface area contributed by atoms with Gasteiger partial charge in [0.2, 0.25) is 5.91 Å². The first-order valence-corrected chi connectivity index (χ1v) is 9.08. The summed E-state index contributed by atoms with van der Waals surface area (Å²) in [7, 11) is 0. The summed E-state index contributed by atoms with van der Waals surface area (Å²) in [6.07, 6.45) is 4.64. The molecule has 6 heteroatoms. The second-order valence-electron chi connectivity index (χ2n) is 5.96. The number of aryl methyl sites for hydroxylation is 1. The Morgan fingerprint density at radius 1 is 1.57 bits per heavy atom. The lowest BCUT2D eigenvalue weighted by molar-refractivity contribution is -0.127. The van der Waals surface area contributed by atoms with E-state index >= 15 is 0 Å². The van der Waals surface area contributed by atoms with Crippen LogP contribution in [0, 0.1) is 5.92 Å². The molecule has 0 saturated carbocycles. The third-order valence-corrected chi connectivity index (χ3v) is 5.11. The van der Waals surface area contributed by atoms with Crippen molar-refractivity contribution in [2.75, 3.05) is 13.1 Å². The number of furan rings is 1. The van der Waals surface area contributed by atoms with E-state index in [1.54, 1.807) is 17.6 Å². The zero-order valence-electron chi connectivity index (χ0n) is 13.5. The number of hydrogen-bond donors (Lipinski definition) is 1. The fourth-order valence-electron chi connectivity index (χ4n) is 2.94. The molecule has 0 bridgehead atoms. The van der Waals surface area contributed by atoms with Gasteiger partial charge < -0.3 is 9.73 Å². The maximum Gasteiger partial charge on any atom is 0.224 e. The van der Waals surface area contributed by atoms with E-state index in [0.717, 1.165) is 55.4 Å². The van der Waals surface area contributed by atoms with Crippen molar-refractivity contribution in [2.45, 2.75) is 39.3 Å². The standard InChI is InChI=1S/C17H23N3O2S/c1-2-14-12-23-16(19-14)9-18-17(21)13-5-3-7-20(10-13)11-15-6-4-8-22-15/h4,6,8,12-13H,2-3,5,7,9-11H2,1H3,(H,18,21)/t13-/m1/s1. The van der Waals surface area contributed by atoms with Crippen molar-refractivity contribution in [1.29, 1.82) is 0 Å². The number of hydrogen-bond acceptors (Lipinski definition) is 5. The third-order valence-electron chi connectivity index (χ3n) is 4.21. The smallest absolute Gasteiger partial charge is 0.224 e. The van der Waals surface area contributed by atoms with Gasteiger partial charge in [0.15, 0.2) is 0 Å². The first kappa shape index (κ1) is 16.2. The number of thiazole rings is 1. The number of nitrogens with zero attached hydrogens (tertiary/aromatic N) is 2. The monoisotopic (exact) mass is 333 g/mol. The van der Waals surface area contributed by atoms with Gasteiger partial charge in [-0.1, -0.05) is 6.92 Å². The molecule has 23 heavy (non-hydrogen) atoms. The maximum absolute atomic E-state index is 12.4. The molecule has 5 nitrogen and oxygen atoms in total. The minimum absolute atomic E-state index is 0.0596. The quantitative estimate of drug-likeness (QED) is 0.883. The summed E-state index contributed by atoms with van der Waals surface area (Å²) in [5.41, 5.74) is 1.10. The largest absolute Gasteiger partial charge is 0.468 e. The van der Waals surface area contributed by atoms with Crippen LogP contribution in [-0.4, -0.2) is 28.9 Å². The number of likely N-dealkylation sites (tertiary alicyclic amines) is 1. The second kappa shape index (κ2) is 7.75. The van der Waals surface area contributed by atoms with Gasteiger partial charge in [0.1, 0.15) is 10.8 Å². The van der Waals surface area contributed by atoms with E-state index < -0.39 is 0 Å². The van der Waals surface area contributed by atoms with Gasteiger partial charge in [0.05, 0.1) is 31.0 Å². The van der Waals surface area contributed by atoms with Gasteiger partial charge in [-0.3, -0.25) is 9.69 Å². The molecule has 1 saturated heterocycles. The lowest BCUT2D eigenvalue weighted by atomic mass is 9.97. The molecule has 3 rings (SSSR count). The maximum atomic E-state index is 12.4. The van der Waals surface area contributed by atoms with Crippen LogP contribution in [0.3, 0.4) is 0 Å². The number of rotatable bonds is 6. The number of piperidine rings is 1. The Balaban J connectivity index is 1.48. The highest BCUT2D eigenvalue weighted by molar-refractivity contribution is 7.09. The summed E-state index contributed by atoms with van der Waals surface area (Å²) in [6, 6.07) is 3.89. The van der Waals surface area contributed by atoms with E-state index in [1.807, 2.05) is 12.1 Å². The van der Waals surface area contributed by atoms with Crippen molar-refractivity contribution >= 4 is 17.2 Å². The Kier molecular flexibility index (Phi) is 5.46. The molecule has 124 valence electrons. The van der Waals surface area contributed by atoms with Gasteiger partial charge in [0.25, 0.3) is 0 Å². The van der Waals surface area contributed by atoms with E-state index in [4.69, 9.17) is 4.42 Å². The van der Waals surface area contributed by atoms with Gasteiger partial charge in [-0.25, -0.2) is 4.98 Å². The van der Waals surface area contributed by atoms with Gasteiger partial charge in [-0.15, -0.1) is 11.3 Å². The topological polar surface area (TPSA) is 58.4 Å². The van der Waals surface area contributed by atoms with Gasteiger partial charge in [-0.05, 0) is 37.9 Å². The van der Waals surface area contributed by atoms with Crippen molar-refractivity contribution in [2.24, 2.45) is 5.92 Å². The summed E-state index contributed by atoms with van der Waals surface area (Å²) < 4.78 is 5.40. The van der Waals surface area contributed by atoms with E-state index in [1.165, 1.54) is 0 Å². The third kappa shape index (κ3) is 4.42. The van der Waals surface area contributed by atoms with Crippen LogP contribution >= 0.6 is 11.3 Å². The van der Waals surface area contributed by atoms with Crippen LogP contribution in [-0.2, 0) is 24.3 Å². The number of nitrogens with one attached hydrogen (secondary N) is 1. The predicted octanol–water partition coefficient (Wildman–Crippen LogP) is 2.83. The lowest BCUT2D eigenvalue weighted by Gasteiger charge is -2.31. The predicted molar refractivity (Wildman–Crippen MR) is 90.0 cm³/mol. The molecule has 2 aromatic heterocycles. The molecule has 0 unspecified atom stereocenters. The Bertz CT molecular complexity index is 624. The van der Waals surface area contributed by atoms with Crippen molar-refractivity contribution in [1.82, 2.24) is 15.2 Å². The molecule has 1 aliphatic heterocycles. The first-order chi connectivity index (χ1) is 11.2. The zero-order chi connectivity index (χ0) is 16.1. The summed E-state index contributed by atoms with van der Waals surface area (Å²) in [6.45, 7) is 5.23. The molecular formula is C17H23N3O2S. The Morgan fingerprint density at radius 2 is 2.48 bits per heavy atom. The summed E-state index contributed by atoms with van der Waals surface area (Å²) >= 11 is 1.62. The van der Waals surface area contributed by atoms with E-state index in [-0.39, 0.29) is 11.8 Å². The van der Waals surface area contributed by atoms with Crippen LogP contribution in [0.5, 0.6) is 0 Å². The first-order valence-electron chi connectivity index (χ1n) is 8.20. The molecule has 1 fully saturated rings. The van der Waals surface area contributed by atoms with Crippen LogP contribution in [0.2, 0.25) is 0 Å². The zero-order valence-corrected chi connectivity index (χ0v) is 14.3. The highest BCUT2D eigenvalue weighted by Crippen LogP contribution is 2.19. The van der Waals surface area contributed by atoms with Crippen LogP contribution in [0.1, 0.15) is 36.2 Å². The molecule has 0 aromatic carbocycles. The molecule has 0 spiro atoms. The number of amides is 1. The van der Waals surface area contributed by atoms with Crippen LogP contribution < -0.4 is 5.32 Å². The SMILES string of the molecule is CCc1csc(CNC(=O)[C@@H]2CCCN(Cc3ccco3)C2)n1. The number of aromatic nitrogens is 1. The van der Waals surface area contributed by atoms with E-state index in [9.17, 15) is 4.79 Å². The van der Waals surface area contributed by atoms with Crippen molar-refractivity contribution in [3.05, 3.63) is 40.2 Å². The molecule has 1 amide bonds. The number of carbonyl (C=O) groups excluding carboxylic acids is 1. The highest BCUT2D eigenvalue weighted by Gasteiger charge is 2.26. The Morgan fingerprint density at radius 3 is 3.22 bits per heavy atom. The minimum Gasteiger partial charge on any atom is -0.468 e. The van der Waals surface area contributed by atoms with Gasteiger partial charge in [0, 0.05) is 11.9 Å². The van der Waals surface area contributed by atoms with Crippen LogP contribution in [0.25, 0.3) is 0 Å². The molecule has 1 atom stereocenters. The van der Waals surface area contributed by atoms with Gasteiger partial charge in [-0.2, -0.15) is 0 Å². The molecule has 1 N–H and O–H groups in total. The Hall–Kier alpha value is -1.66. The average molecular weight is 333 g/mol. The summed E-state index contributed by atoms with van der Waals surface area (Å²) in [5, 5.41) is 6.09. The summed E-state index contributed by atoms with van der Waals surface area (Å²) in [5.74, 6) is 1.16. The lowest BCUT2D eigenvalue weighted by Crippen LogP contribution is -2.42. The molecular weight excluding hydrogens is 310 g/mol. The second-order valence-corrected chi connectivity index (χ2v) is 6.90. The van der Waals surface area contributed by atoms with Crippen molar-refractivity contribution < 1.29 is 9.21 Å².